The van der Waals surface area contributed by atoms with Crippen molar-refractivity contribution in [1.82, 2.24) is 24.6 Å². The van der Waals surface area contributed by atoms with E-state index in [9.17, 15) is 14.4 Å². The standard InChI is InChI=1S/C20H25N5O3/c26-18(14-25-20(28)24-10-5-1-2-8-17(24)22-25)21-12-19(27)23-11-9-15-6-3-4-7-16(15)13-23/h3-4,6-7H,1-2,5,8-14H2,(H,21,26). The van der Waals surface area contributed by atoms with Crippen molar-refractivity contribution >= 4 is 11.8 Å². The molecule has 28 heavy (non-hydrogen) atoms. The maximum absolute atomic E-state index is 12.5. The van der Waals surface area contributed by atoms with Crippen molar-refractivity contribution in [2.75, 3.05) is 13.1 Å². The maximum atomic E-state index is 12.5. The molecule has 1 aromatic heterocycles. The van der Waals surface area contributed by atoms with Crippen LogP contribution in [0.4, 0.5) is 0 Å². The highest BCUT2D eigenvalue weighted by Crippen LogP contribution is 2.18. The molecule has 8 nitrogen and oxygen atoms in total. The second kappa shape index (κ2) is 8.00. The Balaban J connectivity index is 1.32. The van der Waals surface area contributed by atoms with Crippen molar-refractivity contribution < 1.29 is 9.59 Å². The molecule has 0 atom stereocenters. The van der Waals surface area contributed by atoms with Gasteiger partial charge in [0.15, 0.2) is 0 Å². The third kappa shape index (κ3) is 3.85. The number of nitrogens with one attached hydrogen (secondary N) is 1. The van der Waals surface area contributed by atoms with Gasteiger partial charge >= 0.3 is 5.69 Å². The highest BCUT2D eigenvalue weighted by molar-refractivity contribution is 5.84. The SMILES string of the molecule is O=C(Cn1nc2n(c1=O)CCCCC2)NCC(=O)N1CCc2ccccc2C1. The quantitative estimate of drug-likeness (QED) is 0.831. The number of benzene rings is 1. The molecule has 2 aliphatic rings. The summed E-state index contributed by atoms with van der Waals surface area (Å²) in [6, 6.07) is 8.10. The Labute approximate surface area is 163 Å². The van der Waals surface area contributed by atoms with E-state index in [1.54, 1.807) is 9.47 Å². The first kappa shape index (κ1) is 18.5. The molecular weight excluding hydrogens is 358 g/mol. The molecule has 8 heteroatoms. The van der Waals surface area contributed by atoms with E-state index in [0.29, 0.717) is 19.6 Å². The van der Waals surface area contributed by atoms with Crippen molar-refractivity contribution in [2.24, 2.45) is 0 Å². The second-order valence-electron chi connectivity index (χ2n) is 7.43. The second-order valence-corrected chi connectivity index (χ2v) is 7.43. The molecule has 2 aliphatic heterocycles. The van der Waals surface area contributed by atoms with Crippen LogP contribution < -0.4 is 11.0 Å². The Kier molecular flexibility index (Phi) is 5.27. The van der Waals surface area contributed by atoms with Gasteiger partial charge in [-0.15, -0.1) is 0 Å². The van der Waals surface area contributed by atoms with Gasteiger partial charge in [0.2, 0.25) is 11.8 Å². The van der Waals surface area contributed by atoms with Gasteiger partial charge < -0.3 is 10.2 Å². The average molecular weight is 383 g/mol. The van der Waals surface area contributed by atoms with Crippen molar-refractivity contribution in [3.8, 4) is 0 Å². The summed E-state index contributed by atoms with van der Waals surface area (Å²) in [7, 11) is 0. The van der Waals surface area contributed by atoms with Crippen molar-refractivity contribution in [1.29, 1.82) is 0 Å². The van der Waals surface area contributed by atoms with Gasteiger partial charge in [0, 0.05) is 26.1 Å². The Morgan fingerprint density at radius 3 is 2.71 bits per heavy atom. The van der Waals surface area contributed by atoms with E-state index >= 15 is 0 Å². The van der Waals surface area contributed by atoms with Crippen molar-refractivity contribution in [2.45, 2.75) is 51.7 Å². The minimum Gasteiger partial charge on any atom is -0.345 e. The molecule has 0 aliphatic carbocycles. The van der Waals surface area contributed by atoms with Gasteiger partial charge in [-0.3, -0.25) is 14.2 Å². The first-order valence-electron chi connectivity index (χ1n) is 9.89. The smallest absolute Gasteiger partial charge is 0.345 e. The molecule has 4 rings (SSSR count). The summed E-state index contributed by atoms with van der Waals surface area (Å²) in [4.78, 5) is 38.9. The van der Waals surface area contributed by atoms with Gasteiger partial charge in [-0.2, -0.15) is 5.10 Å². The lowest BCUT2D eigenvalue weighted by molar-refractivity contribution is -0.133. The number of nitrogens with zero attached hydrogens (tertiary/aromatic N) is 4. The predicted octanol–water partition coefficient (Wildman–Crippen LogP) is 0.472. The van der Waals surface area contributed by atoms with Crippen LogP contribution in [0.1, 0.15) is 36.2 Å². The number of hydrogen-bond acceptors (Lipinski definition) is 4. The van der Waals surface area contributed by atoms with Crippen LogP contribution in [-0.2, 0) is 42.1 Å². The van der Waals surface area contributed by atoms with Crippen LogP contribution in [0.15, 0.2) is 29.1 Å². The van der Waals surface area contributed by atoms with E-state index < -0.39 is 0 Å². The molecule has 2 aromatic rings. The molecule has 0 spiro atoms. The fourth-order valence-electron chi connectivity index (χ4n) is 3.91. The monoisotopic (exact) mass is 383 g/mol. The Morgan fingerprint density at radius 1 is 1.04 bits per heavy atom. The molecule has 148 valence electrons. The zero-order valence-electron chi connectivity index (χ0n) is 15.9. The Bertz CT molecular complexity index is 946. The summed E-state index contributed by atoms with van der Waals surface area (Å²) in [5.41, 5.74) is 2.18. The molecule has 0 unspecified atom stereocenters. The third-order valence-electron chi connectivity index (χ3n) is 5.50. The minimum atomic E-state index is -0.374. The summed E-state index contributed by atoms with van der Waals surface area (Å²) in [6.45, 7) is 1.65. The normalized spacial score (nSPS) is 16.1. The summed E-state index contributed by atoms with van der Waals surface area (Å²) in [6.07, 6.45) is 4.64. The van der Waals surface area contributed by atoms with Crippen LogP contribution in [0.2, 0.25) is 0 Å². The fourth-order valence-corrected chi connectivity index (χ4v) is 3.91. The van der Waals surface area contributed by atoms with Gasteiger partial charge in [0.05, 0.1) is 6.54 Å². The Hall–Kier alpha value is -2.90. The molecule has 1 aromatic carbocycles. The lowest BCUT2D eigenvalue weighted by Crippen LogP contribution is -2.43. The summed E-state index contributed by atoms with van der Waals surface area (Å²) >= 11 is 0. The number of carbonyl (C=O) groups excluding carboxylic acids is 2. The van der Waals surface area contributed by atoms with E-state index in [-0.39, 0.29) is 30.6 Å². The van der Waals surface area contributed by atoms with Gasteiger partial charge in [-0.1, -0.05) is 30.7 Å². The van der Waals surface area contributed by atoms with E-state index in [1.165, 1.54) is 10.2 Å². The van der Waals surface area contributed by atoms with Crippen LogP contribution in [0.5, 0.6) is 0 Å². The number of rotatable bonds is 4. The molecule has 2 amide bonds. The molecule has 0 fully saturated rings. The molecule has 0 saturated carbocycles. The topological polar surface area (TPSA) is 89.2 Å². The number of aryl methyl sites for hydroxylation is 1. The van der Waals surface area contributed by atoms with Gasteiger partial charge in [-0.25, -0.2) is 9.48 Å². The van der Waals surface area contributed by atoms with Crippen LogP contribution in [0.3, 0.4) is 0 Å². The lowest BCUT2D eigenvalue weighted by Gasteiger charge is -2.29. The van der Waals surface area contributed by atoms with Crippen LogP contribution in [0.25, 0.3) is 0 Å². The summed E-state index contributed by atoms with van der Waals surface area (Å²) in [5, 5.41) is 6.94. The predicted molar refractivity (Wildman–Crippen MR) is 103 cm³/mol. The Morgan fingerprint density at radius 2 is 1.86 bits per heavy atom. The number of hydrogen-bond donors (Lipinski definition) is 1. The van der Waals surface area contributed by atoms with Crippen molar-refractivity contribution in [3.05, 3.63) is 51.7 Å². The molecule has 3 heterocycles. The number of amides is 2. The van der Waals surface area contributed by atoms with E-state index in [4.69, 9.17) is 0 Å². The molecule has 0 radical (unpaired) electrons. The lowest BCUT2D eigenvalue weighted by atomic mass is 10.00. The number of carbonyl (C=O) groups is 2. The zero-order chi connectivity index (χ0) is 19.5. The van der Waals surface area contributed by atoms with Gasteiger partial charge in [-0.05, 0) is 30.4 Å². The minimum absolute atomic E-state index is 0.0662. The van der Waals surface area contributed by atoms with Crippen LogP contribution in [-0.4, -0.2) is 44.2 Å². The molecule has 0 bridgehead atoms. The highest BCUT2D eigenvalue weighted by atomic mass is 16.2. The van der Waals surface area contributed by atoms with Crippen LogP contribution >= 0.6 is 0 Å². The molecule has 0 saturated heterocycles. The average Bonchev–Trinajstić information content (AvgIpc) is 2.87. The number of fused-ring (bicyclic) bond motifs is 2. The largest absolute Gasteiger partial charge is 0.346 e. The van der Waals surface area contributed by atoms with E-state index in [0.717, 1.165) is 43.5 Å². The summed E-state index contributed by atoms with van der Waals surface area (Å²) in [5.74, 6) is 0.260. The number of aromatic nitrogens is 3. The molecule has 1 N–H and O–H groups in total. The van der Waals surface area contributed by atoms with Gasteiger partial charge in [0.25, 0.3) is 0 Å². The van der Waals surface area contributed by atoms with Crippen molar-refractivity contribution in [3.63, 3.8) is 0 Å². The maximum Gasteiger partial charge on any atom is 0.346 e. The van der Waals surface area contributed by atoms with Gasteiger partial charge in [0.1, 0.15) is 12.4 Å². The fraction of sp³-hybridized carbons (Fsp3) is 0.500. The summed E-state index contributed by atoms with van der Waals surface area (Å²) < 4.78 is 2.87. The molecular formula is C20H25N5O3. The van der Waals surface area contributed by atoms with E-state index in [1.807, 2.05) is 18.2 Å². The third-order valence-corrected chi connectivity index (χ3v) is 5.50. The van der Waals surface area contributed by atoms with Crippen LogP contribution in [0, 0.1) is 0 Å². The zero-order valence-corrected chi connectivity index (χ0v) is 15.9. The highest BCUT2D eigenvalue weighted by Gasteiger charge is 2.21. The first-order chi connectivity index (χ1) is 13.6. The van der Waals surface area contributed by atoms with E-state index in [2.05, 4.69) is 16.5 Å². The first-order valence-corrected chi connectivity index (χ1v) is 9.89.